The maximum Gasteiger partial charge on any atom is 0.341 e. The summed E-state index contributed by atoms with van der Waals surface area (Å²) in [6.45, 7) is 2.35. The number of carbonyl (C=O) groups is 1. The summed E-state index contributed by atoms with van der Waals surface area (Å²) in [7, 11) is 3.37. The lowest BCUT2D eigenvalue weighted by atomic mass is 10.1. The van der Waals surface area contributed by atoms with Crippen molar-refractivity contribution in [1.29, 1.82) is 0 Å². The number of hydrogen-bond donors (Lipinski definition) is 0. The predicted molar refractivity (Wildman–Crippen MR) is 90.8 cm³/mol. The number of methoxy groups -OCH3 is 1. The van der Waals surface area contributed by atoms with Crippen LogP contribution in [0.25, 0.3) is 10.8 Å². The van der Waals surface area contributed by atoms with Crippen LogP contribution in [0.1, 0.15) is 21.9 Å². The van der Waals surface area contributed by atoms with Gasteiger partial charge < -0.3 is 14.1 Å². The minimum atomic E-state index is -0.370. The zero-order valence-electron chi connectivity index (χ0n) is 13.5. The van der Waals surface area contributed by atoms with E-state index in [1.165, 1.54) is 17.9 Å². The van der Waals surface area contributed by atoms with E-state index >= 15 is 0 Å². The Kier molecular flexibility index (Phi) is 4.06. The van der Waals surface area contributed by atoms with Crippen LogP contribution in [-0.2, 0) is 11.3 Å². The first-order valence-electron chi connectivity index (χ1n) is 7.46. The largest absolute Gasteiger partial charge is 0.465 e. The molecule has 1 aromatic heterocycles. The molecule has 0 N–H and O–H groups in total. The number of nitrogens with zero attached hydrogens (tertiary/aromatic N) is 1. The molecular formula is C19H19NO3. The Morgan fingerprint density at radius 2 is 1.87 bits per heavy atom. The second-order valence-corrected chi connectivity index (χ2v) is 5.56. The van der Waals surface area contributed by atoms with E-state index in [9.17, 15) is 4.79 Å². The summed E-state index contributed by atoms with van der Waals surface area (Å²) in [6.07, 6.45) is 0. The number of anilines is 1. The molecule has 0 aliphatic carbocycles. The predicted octanol–water partition coefficient (Wildman–Crippen LogP) is 4.16. The lowest BCUT2D eigenvalue weighted by Crippen LogP contribution is -2.15. The molecule has 0 amide bonds. The molecule has 4 heteroatoms. The topological polar surface area (TPSA) is 42.7 Å². The minimum absolute atomic E-state index is 0.370. The van der Waals surface area contributed by atoms with Crippen molar-refractivity contribution in [3.63, 3.8) is 0 Å². The first kappa shape index (κ1) is 15.2. The molecular weight excluding hydrogens is 290 g/mol. The Balaban J connectivity index is 1.82. The van der Waals surface area contributed by atoms with Crippen LogP contribution in [0.15, 0.2) is 52.9 Å². The van der Waals surface area contributed by atoms with Crippen LogP contribution in [0.4, 0.5) is 5.69 Å². The number of aryl methyl sites for hydroxylation is 1. The third-order valence-electron chi connectivity index (χ3n) is 3.94. The summed E-state index contributed by atoms with van der Waals surface area (Å²) in [5, 5.41) is 2.41. The van der Waals surface area contributed by atoms with Gasteiger partial charge in [0, 0.05) is 12.7 Å². The fourth-order valence-corrected chi connectivity index (χ4v) is 2.67. The summed E-state index contributed by atoms with van der Waals surface area (Å²) in [6, 6.07) is 16.3. The van der Waals surface area contributed by atoms with Crippen molar-refractivity contribution in [2.75, 3.05) is 19.1 Å². The molecule has 0 saturated heterocycles. The third kappa shape index (κ3) is 3.06. The van der Waals surface area contributed by atoms with Crippen molar-refractivity contribution in [3.05, 3.63) is 65.6 Å². The number of ether oxygens (including phenoxy) is 1. The van der Waals surface area contributed by atoms with E-state index in [4.69, 9.17) is 9.15 Å². The second kappa shape index (κ2) is 6.16. The maximum atomic E-state index is 11.7. The number of esters is 1. The second-order valence-electron chi connectivity index (χ2n) is 5.56. The Hall–Kier alpha value is -2.75. The van der Waals surface area contributed by atoms with Gasteiger partial charge in [-0.2, -0.15) is 0 Å². The molecule has 2 aromatic carbocycles. The molecule has 0 fully saturated rings. The van der Waals surface area contributed by atoms with E-state index < -0.39 is 0 Å². The highest BCUT2D eigenvalue weighted by Gasteiger charge is 2.16. The molecule has 0 saturated carbocycles. The minimum Gasteiger partial charge on any atom is -0.465 e. The molecule has 3 rings (SSSR count). The highest BCUT2D eigenvalue weighted by Crippen LogP contribution is 2.24. The third-order valence-corrected chi connectivity index (χ3v) is 3.94. The average Bonchev–Trinajstić information content (AvgIpc) is 2.94. The standard InChI is InChI=1S/C19H19NO3/c1-13-18(19(21)22-3)11-17(23-13)12-20(2)16-9-8-14-6-4-5-7-15(14)10-16/h4-11H,12H2,1-3H3. The van der Waals surface area contributed by atoms with Crippen molar-refractivity contribution in [2.45, 2.75) is 13.5 Å². The molecule has 0 aliphatic heterocycles. The SMILES string of the molecule is COC(=O)c1cc(CN(C)c2ccc3ccccc3c2)oc1C. The zero-order chi connectivity index (χ0) is 16.4. The molecule has 0 spiro atoms. The molecule has 4 nitrogen and oxygen atoms in total. The van der Waals surface area contributed by atoms with Gasteiger partial charge in [-0.3, -0.25) is 0 Å². The molecule has 0 atom stereocenters. The highest BCUT2D eigenvalue weighted by molar-refractivity contribution is 5.90. The van der Waals surface area contributed by atoms with Gasteiger partial charge in [0.1, 0.15) is 17.1 Å². The van der Waals surface area contributed by atoms with Crippen LogP contribution >= 0.6 is 0 Å². The van der Waals surface area contributed by atoms with Crippen LogP contribution in [-0.4, -0.2) is 20.1 Å². The summed E-state index contributed by atoms with van der Waals surface area (Å²) >= 11 is 0. The van der Waals surface area contributed by atoms with E-state index in [1.807, 2.05) is 19.2 Å². The molecule has 3 aromatic rings. The number of rotatable bonds is 4. The molecule has 1 heterocycles. The lowest BCUT2D eigenvalue weighted by molar-refractivity contribution is 0.0599. The monoisotopic (exact) mass is 309 g/mol. The molecule has 0 aliphatic rings. The highest BCUT2D eigenvalue weighted by atomic mass is 16.5. The van der Waals surface area contributed by atoms with E-state index in [-0.39, 0.29) is 5.97 Å². The van der Waals surface area contributed by atoms with Crippen LogP contribution in [0, 0.1) is 6.92 Å². The van der Waals surface area contributed by atoms with Gasteiger partial charge in [-0.1, -0.05) is 30.3 Å². The fraction of sp³-hybridized carbons (Fsp3) is 0.211. The summed E-state index contributed by atoms with van der Waals surface area (Å²) < 4.78 is 10.4. The van der Waals surface area contributed by atoms with Crippen molar-refractivity contribution in [2.24, 2.45) is 0 Å². The van der Waals surface area contributed by atoms with E-state index in [1.54, 1.807) is 13.0 Å². The lowest BCUT2D eigenvalue weighted by Gasteiger charge is -2.18. The van der Waals surface area contributed by atoms with Gasteiger partial charge in [-0.25, -0.2) is 4.79 Å². The van der Waals surface area contributed by atoms with Crippen molar-refractivity contribution < 1.29 is 13.9 Å². The van der Waals surface area contributed by atoms with Gasteiger partial charge in [0.25, 0.3) is 0 Å². The Morgan fingerprint density at radius 1 is 1.13 bits per heavy atom. The Labute approximate surface area is 135 Å². The number of carbonyl (C=O) groups excluding carboxylic acids is 1. The summed E-state index contributed by atoms with van der Waals surface area (Å²) in [5.41, 5.74) is 1.58. The number of benzene rings is 2. The van der Waals surface area contributed by atoms with E-state index in [0.717, 1.165) is 11.4 Å². The normalized spacial score (nSPS) is 10.7. The van der Waals surface area contributed by atoms with Gasteiger partial charge >= 0.3 is 5.97 Å². The Morgan fingerprint density at radius 3 is 2.61 bits per heavy atom. The number of fused-ring (bicyclic) bond motifs is 1. The van der Waals surface area contributed by atoms with Gasteiger partial charge in [-0.15, -0.1) is 0 Å². The fourth-order valence-electron chi connectivity index (χ4n) is 2.67. The van der Waals surface area contributed by atoms with E-state index in [2.05, 4.69) is 35.2 Å². The first-order valence-corrected chi connectivity index (χ1v) is 7.46. The summed E-state index contributed by atoms with van der Waals surface area (Å²) in [5.74, 6) is 0.947. The molecule has 0 radical (unpaired) electrons. The van der Waals surface area contributed by atoms with E-state index in [0.29, 0.717) is 17.9 Å². The van der Waals surface area contributed by atoms with Crippen molar-refractivity contribution in [1.82, 2.24) is 0 Å². The van der Waals surface area contributed by atoms with Gasteiger partial charge in [0.15, 0.2) is 0 Å². The molecule has 23 heavy (non-hydrogen) atoms. The van der Waals surface area contributed by atoms with Crippen molar-refractivity contribution in [3.8, 4) is 0 Å². The Bertz CT molecular complexity index is 851. The summed E-state index contributed by atoms with van der Waals surface area (Å²) in [4.78, 5) is 13.7. The average molecular weight is 309 g/mol. The first-order chi connectivity index (χ1) is 11.1. The van der Waals surface area contributed by atoms with Crippen LogP contribution in [0.5, 0.6) is 0 Å². The van der Waals surface area contributed by atoms with Crippen LogP contribution < -0.4 is 4.90 Å². The quantitative estimate of drug-likeness (QED) is 0.679. The van der Waals surface area contributed by atoms with Crippen molar-refractivity contribution >= 4 is 22.4 Å². The van der Waals surface area contributed by atoms with Crippen LogP contribution in [0.2, 0.25) is 0 Å². The number of furan rings is 1. The smallest absolute Gasteiger partial charge is 0.341 e. The number of hydrogen-bond acceptors (Lipinski definition) is 4. The zero-order valence-corrected chi connectivity index (χ0v) is 13.5. The molecule has 0 bridgehead atoms. The molecule has 0 unspecified atom stereocenters. The van der Waals surface area contributed by atoms with Gasteiger partial charge in [-0.05, 0) is 35.9 Å². The maximum absolute atomic E-state index is 11.7. The van der Waals surface area contributed by atoms with Gasteiger partial charge in [0.05, 0.1) is 13.7 Å². The molecule has 118 valence electrons. The van der Waals surface area contributed by atoms with Gasteiger partial charge in [0.2, 0.25) is 0 Å². The van der Waals surface area contributed by atoms with Crippen LogP contribution in [0.3, 0.4) is 0 Å².